The normalized spacial score (nSPS) is 10.9. The number of fused-ring (bicyclic) bond motifs is 1. The van der Waals surface area contributed by atoms with Crippen LogP contribution in [0.2, 0.25) is 0 Å². The minimum absolute atomic E-state index is 0.0693. The molecular weight excluding hydrogens is 288 g/mol. The van der Waals surface area contributed by atoms with Crippen molar-refractivity contribution in [2.45, 2.75) is 6.92 Å². The van der Waals surface area contributed by atoms with Crippen molar-refractivity contribution in [3.8, 4) is 22.9 Å². The number of aromatic hydroxyl groups is 3. The van der Waals surface area contributed by atoms with Gasteiger partial charge in [0.05, 0.1) is 10.9 Å². The summed E-state index contributed by atoms with van der Waals surface area (Å²) in [7, 11) is 0. The van der Waals surface area contributed by atoms with Gasteiger partial charge in [0.15, 0.2) is 0 Å². The summed E-state index contributed by atoms with van der Waals surface area (Å²) in [6, 6.07) is 7.73. The molecule has 1 heterocycles. The molecule has 0 fully saturated rings. The summed E-state index contributed by atoms with van der Waals surface area (Å²) in [5.74, 6) is 0.0132. The fourth-order valence-electron chi connectivity index (χ4n) is 2.18. The number of rotatable bonds is 1. The van der Waals surface area contributed by atoms with Gasteiger partial charge in [0.25, 0.3) is 0 Å². The monoisotopic (exact) mass is 300 g/mol. The molecule has 3 N–H and O–H groups in total. The van der Waals surface area contributed by atoms with Gasteiger partial charge >= 0.3 is 0 Å². The first-order valence-corrected chi connectivity index (χ1v) is 6.61. The van der Waals surface area contributed by atoms with Gasteiger partial charge in [-0.1, -0.05) is 12.2 Å². The van der Waals surface area contributed by atoms with E-state index >= 15 is 0 Å². The van der Waals surface area contributed by atoms with Crippen molar-refractivity contribution in [3.63, 3.8) is 0 Å². The van der Waals surface area contributed by atoms with Gasteiger partial charge < -0.3 is 15.3 Å². The molecule has 0 amide bonds. The molecule has 5 nitrogen and oxygen atoms in total. The van der Waals surface area contributed by atoms with E-state index in [9.17, 15) is 15.3 Å². The second kappa shape index (κ2) is 4.75. The van der Waals surface area contributed by atoms with E-state index < -0.39 is 0 Å². The van der Waals surface area contributed by atoms with Crippen LogP contribution in [0.3, 0.4) is 0 Å². The molecule has 0 saturated carbocycles. The number of hydrogen-bond acceptors (Lipinski definition) is 5. The predicted molar refractivity (Wildman–Crippen MR) is 81.6 cm³/mol. The number of nitrogens with zero attached hydrogens (tertiary/aromatic N) is 2. The number of aryl methyl sites for hydroxylation is 1. The molecule has 0 spiro atoms. The van der Waals surface area contributed by atoms with Gasteiger partial charge in [0.2, 0.25) is 0 Å². The SMILES string of the molecule is Cc1cc(-n2cnc3cc(O)cc(O)c3c2=S)ccc1O. The number of benzene rings is 2. The lowest BCUT2D eigenvalue weighted by Crippen LogP contribution is -1.99. The van der Waals surface area contributed by atoms with Crippen LogP contribution in [0.4, 0.5) is 0 Å². The molecule has 0 aliphatic rings. The molecule has 0 bridgehead atoms. The largest absolute Gasteiger partial charge is 0.508 e. The highest BCUT2D eigenvalue weighted by atomic mass is 32.1. The zero-order chi connectivity index (χ0) is 15.1. The Hall–Kier alpha value is -2.60. The molecule has 21 heavy (non-hydrogen) atoms. The van der Waals surface area contributed by atoms with Crippen LogP contribution in [0.25, 0.3) is 16.6 Å². The van der Waals surface area contributed by atoms with E-state index in [1.54, 1.807) is 29.7 Å². The maximum Gasteiger partial charge on any atom is 0.131 e. The highest BCUT2D eigenvalue weighted by molar-refractivity contribution is 7.71. The second-order valence-electron chi connectivity index (χ2n) is 4.75. The molecule has 0 unspecified atom stereocenters. The molecule has 1 aromatic heterocycles. The molecule has 3 rings (SSSR count). The Balaban J connectivity index is 2.32. The zero-order valence-corrected chi connectivity index (χ0v) is 11.9. The van der Waals surface area contributed by atoms with E-state index in [0.717, 1.165) is 5.69 Å². The Morgan fingerprint density at radius 2 is 1.81 bits per heavy atom. The van der Waals surface area contributed by atoms with Crippen molar-refractivity contribution in [3.05, 3.63) is 46.9 Å². The first kappa shape index (κ1) is 13.4. The third kappa shape index (κ3) is 2.19. The van der Waals surface area contributed by atoms with E-state index in [1.165, 1.54) is 18.5 Å². The predicted octanol–water partition coefficient (Wildman–Crippen LogP) is 3.18. The van der Waals surface area contributed by atoms with Crippen LogP contribution in [-0.2, 0) is 0 Å². The summed E-state index contributed by atoms with van der Waals surface area (Å²) < 4.78 is 2.02. The second-order valence-corrected chi connectivity index (χ2v) is 5.14. The zero-order valence-electron chi connectivity index (χ0n) is 11.1. The number of phenolic OH excluding ortho intramolecular Hbond substituents is 3. The molecule has 0 aliphatic carbocycles. The molecule has 106 valence electrons. The summed E-state index contributed by atoms with van der Waals surface area (Å²) in [5.41, 5.74) is 1.87. The quantitative estimate of drug-likeness (QED) is 0.602. The van der Waals surface area contributed by atoms with Crippen molar-refractivity contribution < 1.29 is 15.3 Å². The number of aromatic nitrogens is 2. The fraction of sp³-hybridized carbons (Fsp3) is 0.0667. The summed E-state index contributed by atoms with van der Waals surface area (Å²) in [5, 5.41) is 29.5. The van der Waals surface area contributed by atoms with Gasteiger partial charge in [-0.25, -0.2) is 4.98 Å². The van der Waals surface area contributed by atoms with Gasteiger partial charge in [-0.3, -0.25) is 4.57 Å². The van der Waals surface area contributed by atoms with Crippen LogP contribution >= 0.6 is 12.2 Å². The Morgan fingerprint density at radius 1 is 1.05 bits per heavy atom. The lowest BCUT2D eigenvalue weighted by atomic mass is 10.2. The molecular formula is C15H12N2O3S. The van der Waals surface area contributed by atoms with Crippen molar-refractivity contribution in [2.24, 2.45) is 0 Å². The molecule has 3 aromatic rings. The lowest BCUT2D eigenvalue weighted by molar-refractivity contribution is 0.454. The third-order valence-electron chi connectivity index (χ3n) is 3.28. The van der Waals surface area contributed by atoms with E-state index in [4.69, 9.17) is 12.2 Å². The van der Waals surface area contributed by atoms with Gasteiger partial charge in [-0.15, -0.1) is 0 Å². The maximum atomic E-state index is 9.98. The van der Waals surface area contributed by atoms with Crippen LogP contribution in [0.5, 0.6) is 17.2 Å². The highest BCUT2D eigenvalue weighted by Crippen LogP contribution is 2.30. The molecule has 6 heteroatoms. The first-order chi connectivity index (χ1) is 9.97. The highest BCUT2D eigenvalue weighted by Gasteiger charge is 2.09. The smallest absolute Gasteiger partial charge is 0.131 e. The summed E-state index contributed by atoms with van der Waals surface area (Å²) >= 11 is 5.40. The summed E-state index contributed by atoms with van der Waals surface area (Å²) in [6.45, 7) is 1.78. The lowest BCUT2D eigenvalue weighted by Gasteiger charge is -2.11. The van der Waals surface area contributed by atoms with Crippen LogP contribution < -0.4 is 0 Å². The Kier molecular flexibility index (Phi) is 3.03. The first-order valence-electron chi connectivity index (χ1n) is 6.20. The Labute approximate surface area is 125 Å². The van der Waals surface area contributed by atoms with Gasteiger partial charge in [0, 0.05) is 17.8 Å². The van der Waals surface area contributed by atoms with Gasteiger partial charge in [-0.2, -0.15) is 0 Å². The molecule has 0 saturated heterocycles. The molecule has 0 aliphatic heterocycles. The van der Waals surface area contributed by atoms with Gasteiger partial charge in [-0.05, 0) is 30.7 Å². The summed E-state index contributed by atoms with van der Waals surface area (Å²) in [6.07, 6.45) is 1.52. The molecule has 0 radical (unpaired) electrons. The number of phenols is 3. The van der Waals surface area contributed by atoms with E-state index in [2.05, 4.69) is 4.98 Å². The molecule has 2 aromatic carbocycles. The van der Waals surface area contributed by atoms with Crippen LogP contribution in [-0.4, -0.2) is 24.9 Å². The van der Waals surface area contributed by atoms with E-state index in [1.807, 2.05) is 0 Å². The Bertz CT molecular complexity index is 919. The van der Waals surface area contributed by atoms with Crippen molar-refractivity contribution in [1.82, 2.24) is 9.55 Å². The standard InChI is InChI=1S/C15H12N2O3S/c1-8-4-9(2-3-12(8)19)17-7-16-11-5-10(18)6-13(20)14(11)15(17)21/h2-7,18-20H,1H3. The summed E-state index contributed by atoms with van der Waals surface area (Å²) in [4.78, 5) is 4.21. The van der Waals surface area contributed by atoms with Crippen molar-refractivity contribution in [1.29, 1.82) is 0 Å². The van der Waals surface area contributed by atoms with Crippen molar-refractivity contribution in [2.75, 3.05) is 0 Å². The third-order valence-corrected chi connectivity index (χ3v) is 3.69. The topological polar surface area (TPSA) is 78.5 Å². The average molecular weight is 300 g/mol. The fourth-order valence-corrected chi connectivity index (χ4v) is 2.55. The minimum Gasteiger partial charge on any atom is -0.508 e. The van der Waals surface area contributed by atoms with Crippen LogP contribution in [0.15, 0.2) is 36.7 Å². The number of hydrogen-bond donors (Lipinski definition) is 3. The van der Waals surface area contributed by atoms with E-state index in [-0.39, 0.29) is 17.2 Å². The molecule has 0 atom stereocenters. The van der Waals surface area contributed by atoms with Crippen molar-refractivity contribution >= 4 is 23.1 Å². The minimum atomic E-state index is -0.118. The van der Waals surface area contributed by atoms with Crippen LogP contribution in [0, 0.1) is 11.6 Å². The van der Waals surface area contributed by atoms with E-state index in [0.29, 0.717) is 21.1 Å². The van der Waals surface area contributed by atoms with Gasteiger partial charge in [0.1, 0.15) is 28.2 Å². The maximum absolute atomic E-state index is 9.98. The Morgan fingerprint density at radius 3 is 2.52 bits per heavy atom. The average Bonchev–Trinajstić information content (AvgIpc) is 2.41. The van der Waals surface area contributed by atoms with Crippen LogP contribution in [0.1, 0.15) is 5.56 Å².